The van der Waals surface area contributed by atoms with Crippen molar-refractivity contribution in [3.05, 3.63) is 12.2 Å². The lowest BCUT2D eigenvalue weighted by Crippen LogP contribution is -2.32. The van der Waals surface area contributed by atoms with Crippen molar-refractivity contribution in [3.63, 3.8) is 0 Å². The monoisotopic (exact) mass is 210 g/mol. The highest BCUT2D eigenvalue weighted by atomic mass is 16.3. The van der Waals surface area contributed by atoms with Gasteiger partial charge in [0, 0.05) is 0 Å². The van der Waals surface area contributed by atoms with Crippen molar-refractivity contribution in [2.75, 3.05) is 0 Å². The fraction of sp³-hybridized carbons (Fsp3) is 0.857. The van der Waals surface area contributed by atoms with Crippen LogP contribution in [0.2, 0.25) is 0 Å². The van der Waals surface area contributed by atoms with Crippen molar-refractivity contribution in [3.8, 4) is 0 Å². The van der Waals surface area contributed by atoms with E-state index >= 15 is 0 Å². The van der Waals surface area contributed by atoms with Crippen LogP contribution >= 0.6 is 0 Å². The molecule has 88 valence electrons. The molecule has 1 aliphatic rings. The Labute approximate surface area is 94.6 Å². The summed E-state index contributed by atoms with van der Waals surface area (Å²) >= 11 is 0. The van der Waals surface area contributed by atoms with Crippen LogP contribution in [0.1, 0.15) is 52.9 Å². The third-order valence-electron chi connectivity index (χ3n) is 3.89. The van der Waals surface area contributed by atoms with Crippen molar-refractivity contribution in [1.82, 2.24) is 0 Å². The Morgan fingerprint density at radius 3 is 2.67 bits per heavy atom. The molecule has 1 N–H and O–H groups in total. The van der Waals surface area contributed by atoms with Crippen LogP contribution in [0.15, 0.2) is 12.2 Å². The molecule has 0 radical (unpaired) electrons. The van der Waals surface area contributed by atoms with E-state index in [0.29, 0.717) is 17.8 Å². The summed E-state index contributed by atoms with van der Waals surface area (Å²) in [4.78, 5) is 0. The van der Waals surface area contributed by atoms with E-state index in [9.17, 15) is 5.11 Å². The van der Waals surface area contributed by atoms with Gasteiger partial charge in [0.05, 0.1) is 6.10 Å². The minimum absolute atomic E-state index is 0.0612. The molecular weight excluding hydrogens is 184 g/mol. The summed E-state index contributed by atoms with van der Waals surface area (Å²) in [5.74, 6) is 1.88. The molecule has 15 heavy (non-hydrogen) atoms. The molecule has 0 spiro atoms. The quantitative estimate of drug-likeness (QED) is 0.700. The van der Waals surface area contributed by atoms with Gasteiger partial charge in [0.2, 0.25) is 0 Å². The van der Waals surface area contributed by atoms with Crippen molar-refractivity contribution < 1.29 is 5.11 Å². The fourth-order valence-corrected chi connectivity index (χ4v) is 2.73. The molecule has 0 aromatic rings. The van der Waals surface area contributed by atoms with E-state index in [-0.39, 0.29) is 6.10 Å². The zero-order valence-corrected chi connectivity index (χ0v) is 10.5. The predicted molar refractivity (Wildman–Crippen MR) is 65.7 cm³/mol. The highest BCUT2D eigenvalue weighted by Gasteiger charge is 2.30. The molecule has 1 aliphatic carbocycles. The van der Waals surface area contributed by atoms with Crippen molar-refractivity contribution in [1.29, 1.82) is 0 Å². The van der Waals surface area contributed by atoms with Gasteiger partial charge in [-0.3, -0.25) is 0 Å². The molecule has 1 rings (SSSR count). The Hall–Kier alpha value is -0.300. The molecule has 0 saturated heterocycles. The van der Waals surface area contributed by atoms with E-state index in [4.69, 9.17) is 0 Å². The van der Waals surface area contributed by atoms with Gasteiger partial charge >= 0.3 is 0 Å². The lowest BCUT2D eigenvalue weighted by atomic mass is 9.73. The van der Waals surface area contributed by atoms with Gasteiger partial charge in [0.25, 0.3) is 0 Å². The number of hydrogen-bond donors (Lipinski definition) is 1. The van der Waals surface area contributed by atoms with Gasteiger partial charge in [0.15, 0.2) is 0 Å². The van der Waals surface area contributed by atoms with Crippen molar-refractivity contribution >= 4 is 0 Å². The molecule has 0 aromatic carbocycles. The third-order valence-corrected chi connectivity index (χ3v) is 3.89. The molecule has 0 amide bonds. The van der Waals surface area contributed by atoms with Crippen LogP contribution in [0, 0.1) is 17.8 Å². The molecule has 1 nitrogen and oxygen atoms in total. The van der Waals surface area contributed by atoms with Crippen molar-refractivity contribution in [2.45, 2.75) is 59.0 Å². The second kappa shape index (κ2) is 5.69. The normalized spacial score (nSPS) is 33.7. The standard InChI is InChI=1S/C14H26O/c1-10(2)5-7-12(4)13-8-6-11(3)9-14(13)15/h11-15H,1,5-9H2,2-4H3/t11-,12+,13+,14-/m1/s1. The summed E-state index contributed by atoms with van der Waals surface area (Å²) in [6.45, 7) is 10.6. The van der Waals surface area contributed by atoms with Crippen LogP contribution < -0.4 is 0 Å². The second-order valence-electron chi connectivity index (χ2n) is 5.62. The topological polar surface area (TPSA) is 20.2 Å². The molecule has 0 aliphatic heterocycles. The average molecular weight is 210 g/mol. The Balaban J connectivity index is 2.38. The Bertz CT molecular complexity index is 209. The van der Waals surface area contributed by atoms with E-state index in [1.807, 2.05) is 0 Å². The lowest BCUT2D eigenvalue weighted by Gasteiger charge is -2.35. The van der Waals surface area contributed by atoms with E-state index < -0.39 is 0 Å². The van der Waals surface area contributed by atoms with Crippen LogP contribution in [-0.4, -0.2) is 11.2 Å². The Morgan fingerprint density at radius 1 is 1.47 bits per heavy atom. The molecular formula is C14H26O. The smallest absolute Gasteiger partial charge is 0.0573 e. The highest BCUT2D eigenvalue weighted by Crippen LogP contribution is 2.35. The predicted octanol–water partition coefficient (Wildman–Crippen LogP) is 3.78. The molecule has 4 atom stereocenters. The SMILES string of the molecule is C=C(C)CC[C@H](C)[C@@H]1CC[C@@H](C)C[C@H]1O. The number of aliphatic hydroxyl groups is 1. The van der Waals surface area contributed by atoms with E-state index in [0.717, 1.165) is 12.8 Å². The molecule has 0 bridgehead atoms. The summed E-state index contributed by atoms with van der Waals surface area (Å²) in [5.41, 5.74) is 1.26. The molecule has 1 saturated carbocycles. The number of rotatable bonds is 4. The minimum Gasteiger partial charge on any atom is -0.393 e. The van der Waals surface area contributed by atoms with E-state index in [1.54, 1.807) is 0 Å². The molecule has 0 unspecified atom stereocenters. The summed E-state index contributed by atoms with van der Waals surface area (Å²) in [5, 5.41) is 10.1. The van der Waals surface area contributed by atoms with Crippen LogP contribution in [0.5, 0.6) is 0 Å². The fourth-order valence-electron chi connectivity index (χ4n) is 2.73. The van der Waals surface area contributed by atoms with E-state index in [2.05, 4.69) is 27.4 Å². The molecule has 1 heteroatoms. The summed E-state index contributed by atoms with van der Waals surface area (Å²) in [6, 6.07) is 0. The van der Waals surface area contributed by atoms with Crippen LogP contribution in [0.25, 0.3) is 0 Å². The first-order valence-corrected chi connectivity index (χ1v) is 6.33. The third kappa shape index (κ3) is 3.98. The molecule has 0 heterocycles. The largest absolute Gasteiger partial charge is 0.393 e. The van der Waals surface area contributed by atoms with Gasteiger partial charge < -0.3 is 5.11 Å². The van der Waals surface area contributed by atoms with Gasteiger partial charge in [-0.05, 0) is 50.4 Å². The second-order valence-corrected chi connectivity index (χ2v) is 5.62. The van der Waals surface area contributed by atoms with Gasteiger partial charge in [0.1, 0.15) is 0 Å². The number of allylic oxidation sites excluding steroid dienone is 1. The average Bonchev–Trinajstić information content (AvgIpc) is 2.14. The van der Waals surface area contributed by atoms with Gasteiger partial charge in [-0.15, -0.1) is 6.58 Å². The first-order valence-electron chi connectivity index (χ1n) is 6.33. The summed E-state index contributed by atoms with van der Waals surface area (Å²) < 4.78 is 0. The number of hydrogen-bond acceptors (Lipinski definition) is 1. The first-order chi connectivity index (χ1) is 7.00. The number of aliphatic hydroxyl groups excluding tert-OH is 1. The van der Waals surface area contributed by atoms with E-state index in [1.165, 1.54) is 24.8 Å². The van der Waals surface area contributed by atoms with Crippen LogP contribution in [0.3, 0.4) is 0 Å². The van der Waals surface area contributed by atoms with Gasteiger partial charge in [-0.2, -0.15) is 0 Å². The van der Waals surface area contributed by atoms with Gasteiger partial charge in [-0.25, -0.2) is 0 Å². The van der Waals surface area contributed by atoms with Gasteiger partial charge in [-0.1, -0.05) is 25.8 Å². The first kappa shape index (κ1) is 12.8. The van der Waals surface area contributed by atoms with Crippen LogP contribution in [-0.2, 0) is 0 Å². The zero-order chi connectivity index (χ0) is 11.4. The lowest BCUT2D eigenvalue weighted by molar-refractivity contribution is 0.0207. The van der Waals surface area contributed by atoms with Crippen molar-refractivity contribution in [2.24, 2.45) is 17.8 Å². The zero-order valence-electron chi connectivity index (χ0n) is 10.5. The maximum atomic E-state index is 10.1. The maximum Gasteiger partial charge on any atom is 0.0573 e. The Morgan fingerprint density at radius 2 is 2.13 bits per heavy atom. The minimum atomic E-state index is -0.0612. The summed E-state index contributed by atoms with van der Waals surface area (Å²) in [7, 11) is 0. The maximum absolute atomic E-state index is 10.1. The Kier molecular flexibility index (Phi) is 4.85. The van der Waals surface area contributed by atoms with Crippen LogP contribution in [0.4, 0.5) is 0 Å². The highest BCUT2D eigenvalue weighted by molar-refractivity contribution is 4.89. The molecule has 0 aromatic heterocycles. The summed E-state index contributed by atoms with van der Waals surface area (Å²) in [6.07, 6.45) is 5.74. The molecule has 1 fully saturated rings.